The summed E-state index contributed by atoms with van der Waals surface area (Å²) in [6, 6.07) is 7.27. The maximum absolute atomic E-state index is 12.0. The molecular weight excluding hydrogens is 276 g/mol. The van der Waals surface area contributed by atoms with Gasteiger partial charge in [-0.1, -0.05) is 17.7 Å². The maximum Gasteiger partial charge on any atom is 0.224 e. The summed E-state index contributed by atoms with van der Waals surface area (Å²) in [7, 11) is 0. The summed E-state index contributed by atoms with van der Waals surface area (Å²) in [5, 5.41) is 6.84. The van der Waals surface area contributed by atoms with Gasteiger partial charge in [0, 0.05) is 11.6 Å². The second kappa shape index (κ2) is 7.50. The molecule has 1 heterocycles. The molecule has 1 aromatic carbocycles. The van der Waals surface area contributed by atoms with Crippen LogP contribution in [0.2, 0.25) is 5.02 Å². The summed E-state index contributed by atoms with van der Waals surface area (Å²) < 4.78 is 5.72. The Morgan fingerprint density at radius 3 is 3.15 bits per heavy atom. The molecule has 1 aliphatic heterocycles. The first-order valence-corrected chi connectivity index (χ1v) is 7.43. The number of benzene rings is 1. The van der Waals surface area contributed by atoms with E-state index in [0.29, 0.717) is 11.6 Å². The van der Waals surface area contributed by atoms with E-state index in [2.05, 4.69) is 10.6 Å². The van der Waals surface area contributed by atoms with Gasteiger partial charge in [-0.3, -0.25) is 4.79 Å². The molecule has 0 aliphatic carbocycles. The first-order chi connectivity index (χ1) is 9.65. The summed E-state index contributed by atoms with van der Waals surface area (Å²) in [6.45, 7) is 4.22. The predicted molar refractivity (Wildman–Crippen MR) is 80.1 cm³/mol. The Labute approximate surface area is 124 Å². The third-order valence-corrected chi connectivity index (χ3v) is 3.60. The van der Waals surface area contributed by atoms with Crippen molar-refractivity contribution < 1.29 is 9.53 Å². The van der Waals surface area contributed by atoms with E-state index >= 15 is 0 Å². The van der Waals surface area contributed by atoms with E-state index in [4.69, 9.17) is 16.3 Å². The van der Waals surface area contributed by atoms with Crippen molar-refractivity contribution in [3.8, 4) is 5.75 Å². The van der Waals surface area contributed by atoms with Crippen molar-refractivity contribution >= 4 is 17.5 Å². The van der Waals surface area contributed by atoms with Crippen LogP contribution in [-0.4, -0.2) is 31.6 Å². The third-order valence-electron chi connectivity index (χ3n) is 3.36. The number of nitrogens with one attached hydrogen (secondary N) is 2. The van der Waals surface area contributed by atoms with Gasteiger partial charge in [-0.05, 0) is 44.5 Å². The normalized spacial score (nSPS) is 20.2. The van der Waals surface area contributed by atoms with Crippen LogP contribution in [0.4, 0.5) is 0 Å². The zero-order chi connectivity index (χ0) is 14.4. The van der Waals surface area contributed by atoms with Crippen molar-refractivity contribution in [2.24, 2.45) is 5.92 Å². The van der Waals surface area contributed by atoms with E-state index in [1.54, 1.807) is 12.1 Å². The molecule has 2 atom stereocenters. The Balaban J connectivity index is 1.74. The summed E-state index contributed by atoms with van der Waals surface area (Å²) in [4.78, 5) is 12.0. The van der Waals surface area contributed by atoms with Crippen LogP contribution in [0, 0.1) is 5.92 Å². The quantitative estimate of drug-likeness (QED) is 0.876. The van der Waals surface area contributed by atoms with Crippen LogP contribution in [0.15, 0.2) is 24.3 Å². The highest BCUT2D eigenvalue weighted by Crippen LogP contribution is 2.18. The van der Waals surface area contributed by atoms with Crippen LogP contribution in [-0.2, 0) is 4.79 Å². The monoisotopic (exact) mass is 296 g/mol. The van der Waals surface area contributed by atoms with Crippen LogP contribution in [0.5, 0.6) is 5.75 Å². The van der Waals surface area contributed by atoms with Crippen molar-refractivity contribution in [1.82, 2.24) is 10.6 Å². The minimum absolute atomic E-state index is 0.0853. The van der Waals surface area contributed by atoms with Crippen molar-refractivity contribution in [2.45, 2.75) is 25.9 Å². The minimum Gasteiger partial charge on any atom is -0.489 e. The molecule has 2 N–H and O–H groups in total. The van der Waals surface area contributed by atoms with Gasteiger partial charge in [0.2, 0.25) is 5.91 Å². The molecular formula is C15H21ClN2O2. The Kier molecular flexibility index (Phi) is 5.68. The average molecular weight is 297 g/mol. The smallest absolute Gasteiger partial charge is 0.224 e. The molecule has 20 heavy (non-hydrogen) atoms. The van der Waals surface area contributed by atoms with Gasteiger partial charge in [0.15, 0.2) is 0 Å². The third kappa shape index (κ3) is 4.69. The molecule has 0 spiro atoms. The summed E-state index contributed by atoms with van der Waals surface area (Å²) in [6.07, 6.45) is 1.93. The van der Waals surface area contributed by atoms with E-state index in [0.717, 1.165) is 31.7 Å². The number of hydrogen-bond acceptors (Lipinski definition) is 3. The Morgan fingerprint density at radius 2 is 2.45 bits per heavy atom. The lowest BCUT2D eigenvalue weighted by Crippen LogP contribution is -2.43. The lowest BCUT2D eigenvalue weighted by Gasteiger charge is -2.23. The van der Waals surface area contributed by atoms with E-state index in [9.17, 15) is 4.79 Å². The fourth-order valence-electron chi connectivity index (χ4n) is 2.28. The first kappa shape index (κ1) is 15.1. The number of halogens is 1. The first-order valence-electron chi connectivity index (χ1n) is 7.06. The molecule has 0 radical (unpaired) electrons. The molecule has 1 fully saturated rings. The molecule has 110 valence electrons. The summed E-state index contributed by atoms with van der Waals surface area (Å²) >= 11 is 5.90. The summed E-state index contributed by atoms with van der Waals surface area (Å²) in [5.41, 5.74) is 0. The number of piperidine rings is 1. The molecule has 1 aromatic rings. The van der Waals surface area contributed by atoms with E-state index in [-0.39, 0.29) is 17.9 Å². The molecule has 0 aromatic heterocycles. The molecule has 2 unspecified atom stereocenters. The van der Waals surface area contributed by atoms with Gasteiger partial charge in [0.1, 0.15) is 11.9 Å². The van der Waals surface area contributed by atoms with Gasteiger partial charge in [0.25, 0.3) is 0 Å². The highest BCUT2D eigenvalue weighted by atomic mass is 35.5. The minimum atomic E-state index is -0.0889. The number of hydrogen-bond donors (Lipinski definition) is 2. The predicted octanol–water partition coefficient (Wildman–Crippen LogP) is 2.22. The number of amides is 1. The zero-order valence-corrected chi connectivity index (χ0v) is 12.5. The molecule has 1 saturated heterocycles. The van der Waals surface area contributed by atoms with Crippen LogP contribution in [0.1, 0.15) is 19.8 Å². The topological polar surface area (TPSA) is 50.4 Å². The van der Waals surface area contributed by atoms with E-state index < -0.39 is 0 Å². The van der Waals surface area contributed by atoms with Crippen LogP contribution in [0.25, 0.3) is 0 Å². The molecule has 0 saturated carbocycles. The largest absolute Gasteiger partial charge is 0.489 e. The standard InChI is InChI=1S/C15H21ClN2O2/c1-11(20-14-6-2-5-13(16)8-14)9-18-15(19)12-4-3-7-17-10-12/h2,5-6,8,11-12,17H,3-4,7,9-10H2,1H3,(H,18,19). The Bertz CT molecular complexity index is 447. The highest BCUT2D eigenvalue weighted by Gasteiger charge is 2.21. The number of carbonyl (C=O) groups excluding carboxylic acids is 1. The van der Waals surface area contributed by atoms with Crippen LogP contribution in [0.3, 0.4) is 0 Å². The number of rotatable bonds is 5. The van der Waals surface area contributed by atoms with E-state index in [1.165, 1.54) is 0 Å². The van der Waals surface area contributed by atoms with Crippen molar-refractivity contribution in [3.05, 3.63) is 29.3 Å². The second-order valence-electron chi connectivity index (χ2n) is 5.17. The number of ether oxygens (including phenoxy) is 1. The molecule has 1 aliphatic rings. The van der Waals surface area contributed by atoms with E-state index in [1.807, 2.05) is 19.1 Å². The van der Waals surface area contributed by atoms with Crippen LogP contribution >= 0.6 is 11.6 Å². The fourth-order valence-corrected chi connectivity index (χ4v) is 2.46. The molecule has 4 nitrogen and oxygen atoms in total. The van der Waals surface area contributed by atoms with Gasteiger partial charge in [-0.2, -0.15) is 0 Å². The van der Waals surface area contributed by atoms with Crippen molar-refractivity contribution in [1.29, 1.82) is 0 Å². The van der Waals surface area contributed by atoms with Crippen LogP contribution < -0.4 is 15.4 Å². The van der Waals surface area contributed by atoms with Gasteiger partial charge in [-0.15, -0.1) is 0 Å². The van der Waals surface area contributed by atoms with Crippen molar-refractivity contribution in [3.63, 3.8) is 0 Å². The van der Waals surface area contributed by atoms with Gasteiger partial charge >= 0.3 is 0 Å². The SMILES string of the molecule is CC(CNC(=O)C1CCCNC1)Oc1cccc(Cl)c1. The molecule has 0 bridgehead atoms. The Hall–Kier alpha value is -1.26. The Morgan fingerprint density at radius 1 is 1.60 bits per heavy atom. The average Bonchev–Trinajstić information content (AvgIpc) is 2.46. The highest BCUT2D eigenvalue weighted by molar-refractivity contribution is 6.30. The fraction of sp³-hybridized carbons (Fsp3) is 0.533. The van der Waals surface area contributed by atoms with Crippen molar-refractivity contribution in [2.75, 3.05) is 19.6 Å². The van der Waals surface area contributed by atoms with Gasteiger partial charge in [-0.25, -0.2) is 0 Å². The lowest BCUT2D eigenvalue weighted by atomic mass is 9.99. The van der Waals surface area contributed by atoms with Gasteiger partial charge < -0.3 is 15.4 Å². The maximum atomic E-state index is 12.0. The number of carbonyl (C=O) groups is 1. The second-order valence-corrected chi connectivity index (χ2v) is 5.61. The lowest BCUT2D eigenvalue weighted by molar-refractivity contribution is -0.125. The summed E-state index contributed by atoms with van der Waals surface area (Å²) in [5.74, 6) is 0.916. The molecule has 1 amide bonds. The molecule has 2 rings (SSSR count). The zero-order valence-electron chi connectivity index (χ0n) is 11.7. The van der Waals surface area contributed by atoms with Gasteiger partial charge in [0.05, 0.1) is 12.5 Å². The molecule has 5 heteroatoms.